The Hall–Kier alpha value is -1.56. The van der Waals surface area contributed by atoms with Crippen molar-refractivity contribution in [3.05, 3.63) is 16.7 Å². The first-order valence-corrected chi connectivity index (χ1v) is 12.1. The van der Waals surface area contributed by atoms with E-state index in [1.165, 1.54) is 0 Å². The highest BCUT2D eigenvalue weighted by Crippen LogP contribution is 2.66. The number of nitrogen functional groups attached to an aromatic ring is 1. The maximum Gasteiger partial charge on any atom is 0.490 e. The summed E-state index contributed by atoms with van der Waals surface area (Å²) in [5.74, 6) is -2.88. The molecule has 1 saturated heterocycles. The van der Waals surface area contributed by atoms with Gasteiger partial charge in [-0.05, 0) is 0 Å². The highest BCUT2D eigenvalue weighted by Gasteiger charge is 2.57. The molecule has 2 aromatic heterocycles. The molecule has 0 spiro atoms. The summed E-state index contributed by atoms with van der Waals surface area (Å²) < 4.78 is 50.6. The van der Waals surface area contributed by atoms with E-state index >= 15 is 0 Å². The zero-order valence-corrected chi connectivity index (χ0v) is 17.3. The second kappa shape index (κ2) is 7.79. The van der Waals surface area contributed by atoms with Gasteiger partial charge >= 0.3 is 23.5 Å². The molecule has 3 rings (SSSR count). The van der Waals surface area contributed by atoms with Crippen molar-refractivity contribution in [2.24, 2.45) is 0 Å². The van der Waals surface area contributed by atoms with Crippen LogP contribution in [0.1, 0.15) is 0 Å². The van der Waals surface area contributed by atoms with Gasteiger partial charge in [-0.3, -0.25) is 18.9 Å². The maximum atomic E-state index is 11.8. The first-order chi connectivity index (χ1) is 14.0. The number of nitrogens with two attached hydrogens (primary N) is 1. The summed E-state index contributed by atoms with van der Waals surface area (Å²) in [6.45, 7) is -1.02. The fraction of sp³-hybridized carbons (Fsp3) is 0.444. The summed E-state index contributed by atoms with van der Waals surface area (Å²) in [5.41, 5.74) is 4.14. The molecule has 174 valence electrons. The normalized spacial score (nSPS) is 28.1. The Labute approximate surface area is 169 Å². The van der Waals surface area contributed by atoms with Crippen LogP contribution in [0.3, 0.4) is 0 Å². The van der Waals surface area contributed by atoms with Gasteiger partial charge in [0.2, 0.25) is 5.95 Å². The zero-order chi connectivity index (χ0) is 23.4. The summed E-state index contributed by atoms with van der Waals surface area (Å²) in [5, 5.41) is 20.7. The lowest BCUT2D eigenvalue weighted by atomic mass is 10.0. The topological polar surface area (TPSA) is 299 Å². The lowest BCUT2D eigenvalue weighted by molar-refractivity contribution is -0.432. The van der Waals surface area contributed by atoms with Crippen molar-refractivity contribution in [1.29, 1.82) is 0 Å². The minimum absolute atomic E-state index is 0.255. The number of aromatic amines is 1. The number of nitrogens with zero attached hydrogens (tertiary/aromatic N) is 3. The van der Waals surface area contributed by atoms with E-state index in [-0.39, 0.29) is 17.1 Å². The van der Waals surface area contributed by atoms with E-state index in [0.717, 1.165) is 10.9 Å². The predicted molar refractivity (Wildman–Crippen MR) is 93.5 cm³/mol. The Morgan fingerprint density at radius 1 is 1.23 bits per heavy atom. The quantitative estimate of drug-likeness (QED) is 0.169. The van der Waals surface area contributed by atoms with Crippen molar-refractivity contribution in [2.45, 2.75) is 18.1 Å². The van der Waals surface area contributed by atoms with Gasteiger partial charge in [0.15, 0.2) is 17.3 Å². The van der Waals surface area contributed by atoms with Crippen LogP contribution in [0.5, 0.6) is 0 Å². The third kappa shape index (κ3) is 5.10. The number of aromatic nitrogens is 4. The van der Waals surface area contributed by atoms with Crippen molar-refractivity contribution in [2.75, 3.05) is 12.3 Å². The molecule has 0 bridgehead atoms. The van der Waals surface area contributed by atoms with Gasteiger partial charge in [0.25, 0.3) is 11.5 Å². The van der Waals surface area contributed by atoms with E-state index in [1.807, 2.05) is 0 Å². The Balaban J connectivity index is 1.68. The molecule has 2 aromatic rings. The molecule has 1 aliphatic heterocycles. The molecule has 5 atom stereocenters. The molecule has 0 saturated carbocycles. The SMILES string of the molecule is Nc1nc2c(ncn2C2(O)OC(COP(=O)(O)OP(=O)(O)OP(=O)(O)O)[C@@H]2O)c(=O)[nH]1. The molecule has 31 heavy (non-hydrogen) atoms. The van der Waals surface area contributed by atoms with Crippen molar-refractivity contribution >= 4 is 40.6 Å². The van der Waals surface area contributed by atoms with Gasteiger partial charge in [-0.25, -0.2) is 18.7 Å². The fourth-order valence-corrected chi connectivity index (χ4v) is 5.51. The van der Waals surface area contributed by atoms with Crippen molar-refractivity contribution in [3.8, 4) is 0 Å². The number of hydrogen-bond donors (Lipinski definition) is 8. The predicted octanol–water partition coefficient (Wildman–Crippen LogP) is -2.59. The van der Waals surface area contributed by atoms with Crippen LogP contribution >= 0.6 is 23.5 Å². The zero-order valence-electron chi connectivity index (χ0n) is 14.6. The number of phosphoric acid groups is 3. The number of hydrogen-bond acceptors (Lipinski definition) is 13. The Morgan fingerprint density at radius 3 is 2.45 bits per heavy atom. The number of rotatable bonds is 8. The molecule has 9 N–H and O–H groups in total. The lowest BCUT2D eigenvalue weighted by Gasteiger charge is -2.48. The Morgan fingerprint density at radius 2 is 1.87 bits per heavy atom. The van der Waals surface area contributed by atoms with Crippen LogP contribution in [0, 0.1) is 0 Å². The van der Waals surface area contributed by atoms with Gasteiger partial charge in [0.05, 0.1) is 6.61 Å². The number of phosphoric ester groups is 1. The number of H-pyrrole nitrogens is 1. The van der Waals surface area contributed by atoms with Crippen molar-refractivity contribution in [1.82, 2.24) is 19.5 Å². The Kier molecular flexibility index (Phi) is 6.05. The van der Waals surface area contributed by atoms with Crippen LogP contribution < -0.4 is 11.3 Å². The average Bonchev–Trinajstić information content (AvgIpc) is 2.99. The van der Waals surface area contributed by atoms with Crippen LogP contribution in [-0.2, 0) is 37.5 Å². The number of imidazole rings is 1. The molecular weight excluding hydrogens is 495 g/mol. The van der Waals surface area contributed by atoms with Gasteiger partial charge in [-0.2, -0.15) is 13.6 Å². The van der Waals surface area contributed by atoms with Crippen molar-refractivity contribution in [3.63, 3.8) is 0 Å². The van der Waals surface area contributed by atoms with Gasteiger partial charge in [-0.15, -0.1) is 0 Å². The molecule has 4 unspecified atom stereocenters. The molecule has 1 fully saturated rings. The molecule has 22 heteroatoms. The minimum atomic E-state index is -5.72. The fourth-order valence-electron chi connectivity index (χ4n) is 2.48. The van der Waals surface area contributed by atoms with Crippen LogP contribution in [0.25, 0.3) is 11.2 Å². The largest absolute Gasteiger partial charge is 0.490 e. The number of aliphatic hydroxyl groups excluding tert-OH is 1. The lowest BCUT2D eigenvalue weighted by Crippen LogP contribution is -2.66. The smallest absolute Gasteiger partial charge is 0.382 e. The van der Waals surface area contributed by atoms with E-state index < -0.39 is 53.8 Å². The van der Waals surface area contributed by atoms with Gasteiger partial charge in [-0.1, -0.05) is 0 Å². The second-order valence-electron chi connectivity index (χ2n) is 5.88. The van der Waals surface area contributed by atoms with E-state index in [9.17, 15) is 33.6 Å². The molecule has 3 heterocycles. The average molecular weight is 509 g/mol. The molecule has 0 aromatic carbocycles. The highest BCUT2D eigenvalue weighted by molar-refractivity contribution is 7.66. The maximum absolute atomic E-state index is 11.8. The highest BCUT2D eigenvalue weighted by atomic mass is 31.3. The van der Waals surface area contributed by atoms with Crippen LogP contribution in [0.15, 0.2) is 11.1 Å². The van der Waals surface area contributed by atoms with E-state index in [4.69, 9.17) is 25.2 Å². The number of nitrogens with one attached hydrogen (secondary N) is 1. The molecule has 1 aliphatic rings. The number of ether oxygens (including phenoxy) is 1. The summed E-state index contributed by atoms with van der Waals surface area (Å²) in [6, 6.07) is 0. The van der Waals surface area contributed by atoms with Crippen LogP contribution in [0.2, 0.25) is 0 Å². The van der Waals surface area contributed by atoms with Crippen LogP contribution in [-0.4, -0.2) is 68.1 Å². The third-order valence-electron chi connectivity index (χ3n) is 3.65. The summed E-state index contributed by atoms with van der Waals surface area (Å²) in [6.07, 6.45) is -2.50. The number of aliphatic hydroxyl groups is 2. The molecule has 19 nitrogen and oxygen atoms in total. The first-order valence-electron chi connectivity index (χ1n) is 7.63. The van der Waals surface area contributed by atoms with E-state index in [1.54, 1.807) is 0 Å². The standard InChI is InChI=1S/C9H14N5O14P3/c10-8-12-6-4(7(16)13-8)11-2-14(6)9(17)5(15)3(26-9)1-25-30(21,22)28-31(23,24)27-29(18,19)20/h2-3,5,15,17H,1H2,(H,21,22)(H,23,24)(H2,18,19,20)(H3,10,12,13,16)/t3?,5-,9?/m0/s1. The van der Waals surface area contributed by atoms with Crippen molar-refractivity contribution < 1.29 is 61.4 Å². The van der Waals surface area contributed by atoms with Gasteiger partial charge in [0.1, 0.15) is 12.4 Å². The first kappa shape index (κ1) is 24.1. The minimum Gasteiger partial charge on any atom is -0.382 e. The van der Waals surface area contributed by atoms with E-state index in [2.05, 4.69) is 28.1 Å². The monoisotopic (exact) mass is 509 g/mol. The summed E-state index contributed by atoms with van der Waals surface area (Å²) in [7, 11) is -16.7. The molecule has 0 amide bonds. The van der Waals surface area contributed by atoms with Gasteiger partial charge in [0, 0.05) is 0 Å². The second-order valence-corrected chi connectivity index (χ2v) is 10.3. The molecule has 0 aliphatic carbocycles. The third-order valence-corrected chi connectivity index (χ3v) is 7.45. The number of fused-ring (bicyclic) bond motifs is 1. The Bertz CT molecular complexity index is 1210. The van der Waals surface area contributed by atoms with Gasteiger partial charge < -0.3 is 40.3 Å². The van der Waals surface area contributed by atoms with Crippen LogP contribution in [0.4, 0.5) is 5.95 Å². The summed E-state index contributed by atoms with van der Waals surface area (Å²) >= 11 is 0. The number of anilines is 1. The summed E-state index contributed by atoms with van der Waals surface area (Å²) in [4.78, 5) is 56.7. The van der Waals surface area contributed by atoms with E-state index in [0.29, 0.717) is 0 Å². The molecular formula is C9H14N5O14P3. The molecule has 0 radical (unpaired) electrons.